The third kappa shape index (κ3) is 27.6. The molecule has 0 heteroatoms. The van der Waals surface area contributed by atoms with Gasteiger partial charge in [0, 0.05) is 0 Å². The second-order valence-corrected chi connectivity index (χ2v) is 27.6. The van der Waals surface area contributed by atoms with Crippen LogP contribution in [0.2, 0.25) is 0 Å². The second kappa shape index (κ2) is 38.6. The van der Waals surface area contributed by atoms with Crippen molar-refractivity contribution >= 4 is 0 Å². The molecule has 0 heterocycles. The molecule has 0 nitrogen and oxygen atoms in total. The molecule has 8 fully saturated rings. The van der Waals surface area contributed by atoms with Gasteiger partial charge in [0.1, 0.15) is 0 Å². The maximum atomic E-state index is 2.51. The highest BCUT2D eigenvalue weighted by molar-refractivity contribution is 5.38. The lowest BCUT2D eigenvalue weighted by Crippen LogP contribution is -2.43. The number of hydrogen-bond donors (Lipinski definition) is 0. The van der Waals surface area contributed by atoms with Crippen molar-refractivity contribution in [3.8, 4) is 0 Å². The molecule has 4 bridgehead atoms. The highest BCUT2D eigenvalue weighted by Crippen LogP contribution is 2.56. The molecule has 4 aromatic rings. The molecule has 0 atom stereocenters. The minimum Gasteiger partial charge on any atom is -0.0651 e. The largest absolute Gasteiger partial charge is 0.0651 e. The van der Waals surface area contributed by atoms with Gasteiger partial charge in [-0.1, -0.05) is 297 Å². The van der Waals surface area contributed by atoms with E-state index in [0.29, 0.717) is 11.8 Å². The minimum absolute atomic E-state index is 0.638. The van der Waals surface area contributed by atoms with Crippen molar-refractivity contribution < 1.29 is 0 Å². The number of rotatable bonds is 4. The molecular weight excluding hydrogens is 937 g/mol. The van der Waals surface area contributed by atoms with Crippen molar-refractivity contribution in [2.75, 3.05) is 0 Å². The summed E-state index contributed by atoms with van der Waals surface area (Å²) < 4.78 is 0. The van der Waals surface area contributed by atoms with Gasteiger partial charge in [0.25, 0.3) is 0 Å². The van der Waals surface area contributed by atoms with Crippen LogP contribution >= 0.6 is 0 Å². The summed E-state index contributed by atoms with van der Waals surface area (Å²) in [5, 5.41) is 0. The lowest BCUT2D eigenvalue weighted by molar-refractivity contribution is -0.0282. The number of hydrogen-bond acceptors (Lipinski definition) is 0. The van der Waals surface area contributed by atoms with Gasteiger partial charge >= 0.3 is 0 Å². The molecule has 0 amide bonds. The van der Waals surface area contributed by atoms with Gasteiger partial charge in [-0.2, -0.15) is 0 Å². The summed E-state index contributed by atoms with van der Waals surface area (Å²) in [4.78, 5) is 0. The van der Waals surface area contributed by atoms with Crippen LogP contribution in [0.15, 0.2) is 78.9 Å². The SMILES string of the molecule is CC1C2CC3CC(C2)CC1C3.CC1CCCC1.CC1CCCCC1.CCC1CCCC1.CCC1CCCCC1.Cc1c(C(C)C)cccc1C(C)C.Cc1cc(C)c(C)c(C)c1.Cc1ccc(C)cc1.Cc1cccc(C)c1. The zero-order chi connectivity index (χ0) is 57.6. The van der Waals surface area contributed by atoms with Crippen molar-refractivity contribution in [1.82, 2.24) is 0 Å². The smallest absolute Gasteiger partial charge is 0.0216 e. The molecule has 4 aromatic carbocycles. The summed E-state index contributed by atoms with van der Waals surface area (Å²) in [6.45, 7) is 40.1. The first kappa shape index (κ1) is 69.2. The first-order valence-corrected chi connectivity index (χ1v) is 33.4. The van der Waals surface area contributed by atoms with E-state index in [1.54, 1.807) is 32.1 Å². The Morgan fingerprint density at radius 3 is 0.974 bits per heavy atom. The molecule has 8 aliphatic rings. The molecule has 8 aliphatic carbocycles. The third-order valence-electron chi connectivity index (χ3n) is 19.7. The van der Waals surface area contributed by atoms with Gasteiger partial charge in [0.2, 0.25) is 0 Å². The Morgan fingerprint density at radius 2 is 0.692 bits per heavy atom. The van der Waals surface area contributed by atoms with Crippen molar-refractivity contribution in [3.05, 3.63) is 140 Å². The van der Waals surface area contributed by atoms with E-state index in [1.807, 2.05) is 0 Å². The Kier molecular flexibility index (Phi) is 34.2. The van der Waals surface area contributed by atoms with Crippen LogP contribution in [0.25, 0.3) is 0 Å². The molecule has 0 unspecified atom stereocenters. The summed E-state index contributed by atoms with van der Waals surface area (Å²) >= 11 is 0. The van der Waals surface area contributed by atoms with Gasteiger partial charge in [0.15, 0.2) is 0 Å². The van der Waals surface area contributed by atoms with E-state index in [0.717, 1.165) is 53.3 Å². The minimum atomic E-state index is 0.638. The Bertz CT molecular complexity index is 2010. The lowest BCUT2D eigenvalue weighted by Gasteiger charge is -2.53. The van der Waals surface area contributed by atoms with E-state index < -0.39 is 0 Å². The molecule has 12 rings (SSSR count). The van der Waals surface area contributed by atoms with Crippen LogP contribution in [-0.2, 0) is 0 Å². The fourth-order valence-electron chi connectivity index (χ4n) is 14.3. The topological polar surface area (TPSA) is 0 Å². The van der Waals surface area contributed by atoms with Gasteiger partial charge in [0.05, 0.1) is 0 Å². The Balaban J connectivity index is 0.000000233. The summed E-state index contributed by atoms with van der Waals surface area (Å²) in [5.74, 6) is 11.2. The summed E-state index contributed by atoms with van der Waals surface area (Å²) in [7, 11) is 0. The molecule has 0 aliphatic heterocycles. The van der Waals surface area contributed by atoms with Crippen LogP contribution in [-0.4, -0.2) is 0 Å². The quantitative estimate of drug-likeness (QED) is 0.191. The van der Waals surface area contributed by atoms with E-state index >= 15 is 0 Å². The molecule has 78 heavy (non-hydrogen) atoms. The monoisotopic (exact) mass is 1070 g/mol. The fourth-order valence-corrected chi connectivity index (χ4v) is 14.3. The van der Waals surface area contributed by atoms with E-state index in [1.165, 1.54) is 190 Å². The molecule has 0 N–H and O–H groups in total. The molecule has 8 saturated carbocycles. The van der Waals surface area contributed by atoms with Crippen molar-refractivity contribution in [1.29, 1.82) is 0 Å². The van der Waals surface area contributed by atoms with E-state index in [9.17, 15) is 0 Å². The average molecular weight is 1070 g/mol. The normalized spacial score (nSPS) is 22.3. The predicted molar refractivity (Wildman–Crippen MR) is 352 cm³/mol. The molecule has 440 valence electrons. The summed E-state index contributed by atoms with van der Waals surface area (Å²) in [5.41, 5.74) is 15.4. The zero-order valence-electron chi connectivity index (χ0n) is 55.0. The zero-order valence-corrected chi connectivity index (χ0v) is 55.0. The van der Waals surface area contributed by atoms with Crippen LogP contribution in [0.1, 0.15) is 296 Å². The molecule has 0 spiro atoms. The van der Waals surface area contributed by atoms with Gasteiger partial charge in [-0.05, 0) is 193 Å². The molecule has 0 radical (unpaired) electrons. The van der Waals surface area contributed by atoms with E-state index in [-0.39, 0.29) is 0 Å². The molecular formula is C78H128. The average Bonchev–Trinajstić information content (AvgIpc) is 4.20. The van der Waals surface area contributed by atoms with Gasteiger partial charge in [-0.25, -0.2) is 0 Å². The van der Waals surface area contributed by atoms with Gasteiger partial charge < -0.3 is 0 Å². The van der Waals surface area contributed by atoms with Crippen LogP contribution in [0, 0.1) is 116 Å². The van der Waals surface area contributed by atoms with Crippen LogP contribution in [0.4, 0.5) is 0 Å². The Morgan fingerprint density at radius 1 is 0.359 bits per heavy atom. The standard InChI is InChI=1S/C13H20.C11H18.C10H14.2C8H10.C8H16.2C7H14.C6H12/c1-9(2)12-7-6-8-13(10(3)4)11(12)5;1-7-10-3-8-2-9(5-10)6-11(7)4-8;1-7-5-8(2)10(4)9(3)6-7;1-7-3-5-8(2)6-4-7;1-7-4-3-5-8(2)6-7;1-2-8-6-4-3-5-7-8;1-7-5-3-2-4-6-7;1-2-7-5-3-4-6-7;1-6-4-2-3-5-6/h6-10H,1-5H3;7-11H,2-6H2,1H3;5-6H,1-4H3;2*3-6H,1-2H3;8H,2-7H2,1H3;2*7H,2-6H2,1H3;6H,2-5H2,1H3. The van der Waals surface area contributed by atoms with Crippen LogP contribution < -0.4 is 0 Å². The van der Waals surface area contributed by atoms with Gasteiger partial charge in [-0.3, -0.25) is 0 Å². The summed E-state index contributed by atoms with van der Waals surface area (Å²) in [6, 6.07) is 28.0. The van der Waals surface area contributed by atoms with Crippen molar-refractivity contribution in [3.63, 3.8) is 0 Å². The first-order valence-electron chi connectivity index (χ1n) is 33.4. The third-order valence-corrected chi connectivity index (χ3v) is 19.7. The Labute approximate surface area is 487 Å². The Hall–Kier alpha value is -3.12. The predicted octanol–water partition coefficient (Wildman–Crippen LogP) is 25.2. The van der Waals surface area contributed by atoms with E-state index in [4.69, 9.17) is 0 Å². The van der Waals surface area contributed by atoms with Crippen molar-refractivity contribution in [2.45, 2.75) is 297 Å². The van der Waals surface area contributed by atoms with Crippen LogP contribution in [0.3, 0.4) is 0 Å². The number of aryl methyl sites for hydroxylation is 7. The maximum absolute atomic E-state index is 2.51. The van der Waals surface area contributed by atoms with Crippen LogP contribution in [0.5, 0.6) is 0 Å². The van der Waals surface area contributed by atoms with Gasteiger partial charge in [-0.15, -0.1) is 0 Å². The fraction of sp³-hybridized carbons (Fsp3) is 0.692. The molecule has 0 saturated heterocycles. The highest BCUT2D eigenvalue weighted by Gasteiger charge is 2.46. The van der Waals surface area contributed by atoms with E-state index in [2.05, 4.69) is 203 Å². The molecule has 0 aromatic heterocycles. The first-order chi connectivity index (χ1) is 37.2. The highest BCUT2D eigenvalue weighted by atomic mass is 14.5. The second-order valence-electron chi connectivity index (χ2n) is 27.6. The maximum Gasteiger partial charge on any atom is -0.0216 e. The summed E-state index contributed by atoms with van der Waals surface area (Å²) in [6.07, 6.45) is 37.7. The number of benzene rings is 4. The lowest BCUT2D eigenvalue weighted by atomic mass is 9.52. The van der Waals surface area contributed by atoms with Crippen molar-refractivity contribution in [2.24, 2.45) is 53.3 Å².